The minimum Gasteiger partial charge on any atom is -0.748 e. The van der Waals surface area contributed by atoms with Crippen LogP contribution in [0.4, 0.5) is 11.4 Å². The molecule has 58 heavy (non-hydrogen) atoms. The second kappa shape index (κ2) is 15.5. The van der Waals surface area contributed by atoms with Gasteiger partial charge in [0.15, 0.2) is 5.71 Å². The molecular weight excluding hydrogens is 869 g/mol. The molecule has 0 amide bonds. The molecule has 1 atom stereocenters. The molecule has 3 aromatic carbocycles. The molecule has 0 fully saturated rings. The van der Waals surface area contributed by atoms with Crippen LogP contribution in [0.5, 0.6) is 5.75 Å². The van der Waals surface area contributed by atoms with Gasteiger partial charge in [-0.1, -0.05) is 6.08 Å². The van der Waals surface area contributed by atoms with Gasteiger partial charge in [0.2, 0.25) is 5.69 Å². The molecule has 0 radical (unpaired) electrons. The molecule has 4 N–H and O–H groups in total. The lowest BCUT2D eigenvalue weighted by Gasteiger charge is -2.29. The van der Waals surface area contributed by atoms with Gasteiger partial charge in [-0.15, -0.1) is 0 Å². The number of anilines is 1. The molecule has 0 saturated carbocycles. The summed E-state index contributed by atoms with van der Waals surface area (Å²) in [5, 5.41) is -0.142. The van der Waals surface area contributed by atoms with E-state index in [-0.39, 0.29) is 65.7 Å². The smallest absolute Gasteiger partial charge is 0.298 e. The molecule has 2 aliphatic rings. The van der Waals surface area contributed by atoms with Gasteiger partial charge in [-0.25, -0.2) is 8.42 Å². The van der Waals surface area contributed by atoms with Gasteiger partial charge in [-0.2, -0.15) is 38.2 Å². The normalized spacial score (nSPS) is 19.3. The van der Waals surface area contributed by atoms with Crippen LogP contribution >= 0.6 is 0 Å². The average Bonchev–Trinajstić information content (AvgIpc) is 3.40. The molecule has 2 heterocycles. The zero-order valence-corrected chi connectivity index (χ0v) is 34.9. The highest BCUT2D eigenvalue weighted by molar-refractivity contribution is 7.87. The van der Waals surface area contributed by atoms with Crippen LogP contribution in [-0.4, -0.2) is 112 Å². The van der Waals surface area contributed by atoms with Gasteiger partial charge in [0.05, 0.1) is 37.3 Å². The Labute approximate surface area is 335 Å². The van der Waals surface area contributed by atoms with Crippen molar-refractivity contribution in [2.75, 3.05) is 35.2 Å². The standard InChI is InChI=1S/C34H38N2O17S5/c1-33(2)30(36(14-6-16-55(41,42)43)28-12-10-24-25(32(28)33)18-23(57(47,48)49)19-29(24)58(50,51)52)7-4-8-31-34(3,20-56(44,45)46)26-17-22(53-21-37)9-11-27(26)35(31)13-5-15-54(38,39)40/h4,7-12,17-19,21H,5-6,13-16,20H2,1-3H3,(H4-,38,39,40,41,42,43,44,45,46,47,48,49,50,51,52). The molecule has 24 heteroatoms. The molecule has 0 aromatic heterocycles. The maximum Gasteiger partial charge on any atom is 0.298 e. The zero-order valence-electron chi connectivity index (χ0n) is 30.8. The van der Waals surface area contributed by atoms with Crippen LogP contribution < -0.4 is 9.64 Å². The summed E-state index contributed by atoms with van der Waals surface area (Å²) in [6.45, 7) is 4.69. The quantitative estimate of drug-likeness (QED) is 0.0912. The predicted octanol–water partition coefficient (Wildman–Crippen LogP) is 2.56. The Kier molecular flexibility index (Phi) is 12.0. The van der Waals surface area contributed by atoms with Crippen molar-refractivity contribution in [2.24, 2.45) is 0 Å². The first kappa shape index (κ1) is 45.0. The van der Waals surface area contributed by atoms with Crippen molar-refractivity contribution >= 4 is 84.9 Å². The summed E-state index contributed by atoms with van der Waals surface area (Å²) in [6, 6.07) is 8.58. The van der Waals surface area contributed by atoms with E-state index < -0.39 is 88.5 Å². The van der Waals surface area contributed by atoms with E-state index in [1.807, 2.05) is 0 Å². The minimum absolute atomic E-state index is 0.0114. The highest BCUT2D eigenvalue weighted by Crippen LogP contribution is 2.50. The van der Waals surface area contributed by atoms with Crippen LogP contribution in [0.15, 0.2) is 76.2 Å². The molecule has 5 rings (SSSR count). The van der Waals surface area contributed by atoms with E-state index in [1.54, 1.807) is 18.4 Å². The molecule has 0 aliphatic carbocycles. The fourth-order valence-corrected chi connectivity index (χ4v) is 11.0. The van der Waals surface area contributed by atoms with Crippen molar-refractivity contribution in [1.29, 1.82) is 0 Å². The first-order chi connectivity index (χ1) is 26.5. The van der Waals surface area contributed by atoms with E-state index in [0.717, 1.165) is 6.07 Å². The Bertz CT molecular complexity index is 2880. The number of hydrogen-bond donors (Lipinski definition) is 4. The number of carbonyl (C=O) groups is 1. The molecule has 19 nitrogen and oxygen atoms in total. The summed E-state index contributed by atoms with van der Waals surface area (Å²) >= 11 is 0. The SMILES string of the molecule is CC1(C)C(/C=C/C=C2/N(CCCS(=O)(=O)[O-])c3ccc(OC=O)cc3C2(C)CS(=O)(=O)O)=[N+](CCCS(=O)(=O)O)c2ccc3c(S(=O)(=O)O)cc(S(=O)(=O)O)cc3c21. The van der Waals surface area contributed by atoms with Crippen LogP contribution in [0.3, 0.4) is 0 Å². The second-order valence-corrected chi connectivity index (χ2v) is 21.7. The third kappa shape index (κ3) is 9.51. The first-order valence-corrected chi connectivity index (χ1v) is 24.6. The summed E-state index contributed by atoms with van der Waals surface area (Å²) in [6.07, 6.45) is 4.06. The van der Waals surface area contributed by atoms with Crippen LogP contribution in [-0.2, 0) is 66.2 Å². The molecule has 2 aliphatic heterocycles. The number of carbonyl (C=O) groups excluding carboxylic acids is 1. The third-order valence-electron chi connectivity index (χ3n) is 9.90. The van der Waals surface area contributed by atoms with Crippen LogP contribution in [0.25, 0.3) is 10.8 Å². The van der Waals surface area contributed by atoms with Crippen molar-refractivity contribution in [3.05, 3.63) is 77.5 Å². The van der Waals surface area contributed by atoms with E-state index in [9.17, 15) is 69.6 Å². The monoisotopic (exact) mass is 906 g/mol. The number of ether oxygens (including phenoxy) is 1. The van der Waals surface area contributed by atoms with Crippen LogP contribution in [0.1, 0.15) is 44.7 Å². The zero-order chi connectivity index (χ0) is 43.4. The Balaban J connectivity index is 1.76. The highest BCUT2D eigenvalue weighted by Gasteiger charge is 2.48. The van der Waals surface area contributed by atoms with Crippen molar-refractivity contribution in [2.45, 2.75) is 54.2 Å². The lowest BCUT2D eigenvalue weighted by Crippen LogP contribution is -2.35. The summed E-state index contributed by atoms with van der Waals surface area (Å²) in [5.74, 6) is -2.36. The fourth-order valence-electron chi connectivity index (χ4n) is 7.70. The molecule has 1 unspecified atom stereocenters. The highest BCUT2D eigenvalue weighted by atomic mass is 32.2. The number of benzene rings is 3. The lowest BCUT2D eigenvalue weighted by molar-refractivity contribution is -0.437. The topological polar surface area (TPSA) is 307 Å². The Morgan fingerprint density at radius 1 is 0.810 bits per heavy atom. The van der Waals surface area contributed by atoms with E-state index in [0.29, 0.717) is 23.2 Å². The average molecular weight is 907 g/mol. The van der Waals surface area contributed by atoms with E-state index in [4.69, 9.17) is 4.74 Å². The van der Waals surface area contributed by atoms with Crippen molar-refractivity contribution in [3.8, 4) is 5.75 Å². The number of fused-ring (bicyclic) bond motifs is 4. The van der Waals surface area contributed by atoms with Gasteiger partial charge in [0.1, 0.15) is 17.2 Å². The second-order valence-electron chi connectivity index (χ2n) is 14.4. The Morgan fingerprint density at radius 3 is 2.05 bits per heavy atom. The maximum atomic E-state index is 12.5. The van der Waals surface area contributed by atoms with Crippen molar-refractivity contribution in [1.82, 2.24) is 0 Å². The van der Waals surface area contributed by atoms with Gasteiger partial charge < -0.3 is 14.2 Å². The van der Waals surface area contributed by atoms with Crippen molar-refractivity contribution < 1.29 is 79.0 Å². The Hall–Kier alpha value is -4.11. The largest absolute Gasteiger partial charge is 0.748 e. The van der Waals surface area contributed by atoms with Crippen molar-refractivity contribution in [3.63, 3.8) is 0 Å². The van der Waals surface area contributed by atoms with Crippen LogP contribution in [0.2, 0.25) is 0 Å². The van der Waals surface area contributed by atoms with E-state index >= 15 is 0 Å². The molecule has 0 spiro atoms. The molecular formula is C34H38N2O17S5. The van der Waals surface area contributed by atoms with Gasteiger partial charge in [0.25, 0.3) is 46.9 Å². The number of rotatable bonds is 16. The Morgan fingerprint density at radius 2 is 1.48 bits per heavy atom. The summed E-state index contributed by atoms with van der Waals surface area (Å²) in [4.78, 5) is 11.0. The summed E-state index contributed by atoms with van der Waals surface area (Å²) in [5.41, 5.74) is -1.10. The summed E-state index contributed by atoms with van der Waals surface area (Å²) in [7, 11) is -24.0. The fraction of sp³-hybridized carbons (Fsp3) is 0.353. The minimum atomic E-state index is -5.07. The first-order valence-electron chi connectivity index (χ1n) is 16.9. The van der Waals surface area contributed by atoms with Gasteiger partial charge in [-0.3, -0.25) is 23.0 Å². The van der Waals surface area contributed by atoms with E-state index in [1.165, 1.54) is 60.4 Å². The molecule has 0 saturated heterocycles. The summed E-state index contributed by atoms with van der Waals surface area (Å²) < 4.78 is 179. The van der Waals surface area contributed by atoms with E-state index in [2.05, 4.69) is 0 Å². The van der Waals surface area contributed by atoms with Gasteiger partial charge in [0, 0.05) is 53.2 Å². The maximum absolute atomic E-state index is 12.5. The number of allylic oxidation sites excluding steroid dienone is 4. The van der Waals surface area contributed by atoms with Gasteiger partial charge >= 0.3 is 0 Å². The molecule has 316 valence electrons. The molecule has 0 bridgehead atoms. The predicted molar refractivity (Wildman–Crippen MR) is 208 cm³/mol. The third-order valence-corrected chi connectivity index (χ3v) is 14.2. The molecule has 3 aromatic rings. The van der Waals surface area contributed by atoms with Crippen LogP contribution in [0, 0.1) is 0 Å². The number of hydrogen-bond acceptors (Lipinski definition) is 14. The van der Waals surface area contributed by atoms with Gasteiger partial charge in [-0.05, 0) is 80.6 Å². The lowest BCUT2D eigenvalue weighted by atomic mass is 9.79. The number of nitrogens with zero attached hydrogens (tertiary/aromatic N) is 2.